The summed E-state index contributed by atoms with van der Waals surface area (Å²) in [6.45, 7) is 3.82. The summed E-state index contributed by atoms with van der Waals surface area (Å²) in [6, 6.07) is 13.6. The van der Waals surface area contributed by atoms with Crippen molar-refractivity contribution in [3.05, 3.63) is 87.9 Å². The number of hydrogen-bond acceptors (Lipinski definition) is 5. The van der Waals surface area contributed by atoms with Crippen molar-refractivity contribution in [2.24, 2.45) is 11.8 Å². The quantitative estimate of drug-likeness (QED) is 0.414. The van der Waals surface area contributed by atoms with Crippen LogP contribution in [0, 0.1) is 17.8 Å². The second-order valence-corrected chi connectivity index (χ2v) is 9.00. The Hall–Kier alpha value is -3.65. The Labute approximate surface area is 196 Å². The highest BCUT2D eigenvalue weighted by Crippen LogP contribution is 2.32. The largest absolute Gasteiger partial charge is 0.347 e. The van der Waals surface area contributed by atoms with Gasteiger partial charge in [0.1, 0.15) is 11.3 Å². The van der Waals surface area contributed by atoms with Crippen molar-refractivity contribution in [3.63, 3.8) is 0 Å². The lowest BCUT2D eigenvalue weighted by atomic mass is 9.75. The van der Waals surface area contributed by atoms with E-state index in [9.17, 15) is 14.0 Å². The van der Waals surface area contributed by atoms with Crippen LogP contribution in [0.25, 0.3) is 16.6 Å². The van der Waals surface area contributed by atoms with Gasteiger partial charge in [-0.25, -0.2) is 9.97 Å². The average Bonchev–Trinajstić information content (AvgIpc) is 2.84. The predicted molar refractivity (Wildman–Crippen MR) is 128 cm³/mol. The third-order valence-corrected chi connectivity index (χ3v) is 6.68. The second kappa shape index (κ2) is 9.30. The molecule has 2 N–H and O–H groups in total. The number of nitrogens with zero attached hydrogens (tertiary/aromatic N) is 3. The smallest absolute Gasteiger partial charge is 0.270 e. The van der Waals surface area contributed by atoms with E-state index in [1.165, 1.54) is 23.3 Å². The van der Waals surface area contributed by atoms with Crippen molar-refractivity contribution in [2.75, 3.05) is 6.54 Å². The van der Waals surface area contributed by atoms with Gasteiger partial charge in [-0.15, -0.1) is 0 Å². The van der Waals surface area contributed by atoms with Gasteiger partial charge >= 0.3 is 0 Å². The van der Waals surface area contributed by atoms with Crippen LogP contribution in [0.4, 0.5) is 4.39 Å². The fourth-order valence-corrected chi connectivity index (χ4v) is 4.35. The number of rotatable bonds is 7. The van der Waals surface area contributed by atoms with Crippen LogP contribution < -0.4 is 16.2 Å². The molecule has 1 fully saturated rings. The number of benzene rings is 1. The predicted octanol–water partition coefficient (Wildman–Crippen LogP) is 3.45. The first-order chi connectivity index (χ1) is 16.5. The minimum atomic E-state index is -0.462. The maximum Gasteiger partial charge on any atom is 0.270 e. The molecular formula is C26H26FN5O2. The Morgan fingerprint density at radius 3 is 2.79 bits per heavy atom. The molecule has 4 aromatic rings. The molecule has 0 radical (unpaired) electrons. The Bertz CT molecular complexity index is 1430. The number of nitrogens with one attached hydrogen (secondary N) is 2. The normalized spacial score (nSPS) is 17.6. The molecule has 1 saturated carbocycles. The molecule has 3 aromatic heterocycles. The molecule has 174 valence electrons. The van der Waals surface area contributed by atoms with Crippen molar-refractivity contribution >= 4 is 22.5 Å². The van der Waals surface area contributed by atoms with Gasteiger partial charge in [-0.1, -0.05) is 25.5 Å². The first-order valence-electron chi connectivity index (χ1n) is 11.5. The monoisotopic (exact) mass is 459 g/mol. The molecule has 0 spiro atoms. The molecular weight excluding hydrogens is 433 g/mol. The standard InChI is InChI=1S/C26H26FN5O2/c1-16-5-7-18(16)14-28-15-20-11-19-10-17(6-8-21(19)31-25(20)27)13-29-26(34)22-12-24(33)32-9-3-2-4-23(32)30-22/h2-4,6,8-12,16,18,28H,5,7,13-15H2,1H3,(H,29,34). The van der Waals surface area contributed by atoms with E-state index >= 15 is 0 Å². The molecule has 8 heteroatoms. The van der Waals surface area contributed by atoms with Crippen LogP contribution in [-0.2, 0) is 13.1 Å². The molecule has 0 aliphatic heterocycles. The highest BCUT2D eigenvalue weighted by molar-refractivity contribution is 5.92. The molecule has 2 atom stereocenters. The summed E-state index contributed by atoms with van der Waals surface area (Å²) >= 11 is 0. The summed E-state index contributed by atoms with van der Waals surface area (Å²) in [7, 11) is 0. The van der Waals surface area contributed by atoms with Crippen LogP contribution in [0.1, 0.15) is 41.4 Å². The maximum atomic E-state index is 14.5. The Morgan fingerprint density at radius 1 is 1.12 bits per heavy atom. The lowest BCUT2D eigenvalue weighted by Gasteiger charge is -2.34. The minimum Gasteiger partial charge on any atom is -0.347 e. The Kier molecular flexibility index (Phi) is 6.06. The zero-order valence-corrected chi connectivity index (χ0v) is 18.9. The fourth-order valence-electron chi connectivity index (χ4n) is 4.35. The third kappa shape index (κ3) is 4.54. The molecule has 2 unspecified atom stereocenters. The van der Waals surface area contributed by atoms with Crippen molar-refractivity contribution in [2.45, 2.75) is 32.9 Å². The zero-order chi connectivity index (χ0) is 23.7. The Balaban J connectivity index is 1.27. The van der Waals surface area contributed by atoms with Crippen LogP contribution >= 0.6 is 0 Å². The summed E-state index contributed by atoms with van der Waals surface area (Å²) in [6.07, 6.45) is 4.10. The van der Waals surface area contributed by atoms with Crippen LogP contribution in [0.15, 0.2) is 59.5 Å². The lowest BCUT2D eigenvalue weighted by Crippen LogP contribution is -2.33. The van der Waals surface area contributed by atoms with E-state index in [0.717, 1.165) is 23.4 Å². The van der Waals surface area contributed by atoms with E-state index < -0.39 is 11.9 Å². The first kappa shape index (κ1) is 22.2. The van der Waals surface area contributed by atoms with Gasteiger partial charge in [0.2, 0.25) is 5.95 Å². The van der Waals surface area contributed by atoms with Gasteiger partial charge in [-0.3, -0.25) is 14.0 Å². The molecule has 1 aliphatic carbocycles. The third-order valence-electron chi connectivity index (χ3n) is 6.68. The minimum absolute atomic E-state index is 0.0647. The lowest BCUT2D eigenvalue weighted by molar-refractivity contribution is 0.0946. The van der Waals surface area contributed by atoms with E-state index in [1.807, 2.05) is 12.1 Å². The Morgan fingerprint density at radius 2 is 2.00 bits per heavy atom. The number of hydrogen-bond donors (Lipinski definition) is 2. The summed E-state index contributed by atoms with van der Waals surface area (Å²) in [5.74, 6) is 0.501. The molecule has 3 heterocycles. The van der Waals surface area contributed by atoms with Gasteiger partial charge in [0.05, 0.1) is 5.52 Å². The molecule has 1 amide bonds. The fraction of sp³-hybridized carbons (Fsp3) is 0.308. The molecule has 1 aromatic carbocycles. The number of fused-ring (bicyclic) bond motifs is 2. The van der Waals surface area contributed by atoms with Crippen molar-refractivity contribution < 1.29 is 9.18 Å². The molecule has 34 heavy (non-hydrogen) atoms. The molecule has 0 saturated heterocycles. The average molecular weight is 460 g/mol. The number of pyridine rings is 2. The number of halogens is 1. The van der Waals surface area contributed by atoms with Crippen molar-refractivity contribution in [1.82, 2.24) is 25.0 Å². The van der Waals surface area contributed by atoms with Gasteiger partial charge in [0, 0.05) is 36.3 Å². The van der Waals surface area contributed by atoms with Gasteiger partial charge < -0.3 is 10.6 Å². The van der Waals surface area contributed by atoms with Crippen molar-refractivity contribution in [3.8, 4) is 0 Å². The zero-order valence-electron chi connectivity index (χ0n) is 18.9. The maximum absolute atomic E-state index is 14.5. The van der Waals surface area contributed by atoms with Crippen LogP contribution in [0.2, 0.25) is 0 Å². The number of carbonyl (C=O) groups is 1. The highest BCUT2D eigenvalue weighted by Gasteiger charge is 2.25. The molecule has 7 nitrogen and oxygen atoms in total. The highest BCUT2D eigenvalue weighted by atomic mass is 19.1. The topological polar surface area (TPSA) is 88.4 Å². The molecule has 5 rings (SSSR count). The second-order valence-electron chi connectivity index (χ2n) is 9.00. The van der Waals surface area contributed by atoms with Crippen LogP contribution in [0.5, 0.6) is 0 Å². The van der Waals surface area contributed by atoms with Crippen LogP contribution in [-0.4, -0.2) is 26.8 Å². The van der Waals surface area contributed by atoms with E-state index in [4.69, 9.17) is 0 Å². The summed E-state index contributed by atoms with van der Waals surface area (Å²) in [5, 5.41) is 6.97. The summed E-state index contributed by atoms with van der Waals surface area (Å²) < 4.78 is 15.8. The molecule has 0 bridgehead atoms. The SMILES string of the molecule is CC1CCC1CNCc1cc2cc(CNC(=O)c3cc(=O)n4ccccc4n3)ccc2nc1F. The van der Waals surface area contributed by atoms with Crippen molar-refractivity contribution in [1.29, 1.82) is 0 Å². The van der Waals surface area contributed by atoms with E-state index in [0.29, 0.717) is 29.2 Å². The number of aromatic nitrogens is 3. The summed E-state index contributed by atoms with van der Waals surface area (Å²) in [4.78, 5) is 33.2. The van der Waals surface area contributed by atoms with Gasteiger partial charge in [0.15, 0.2) is 0 Å². The van der Waals surface area contributed by atoms with E-state index in [-0.39, 0.29) is 17.8 Å². The van der Waals surface area contributed by atoms with Crippen LogP contribution in [0.3, 0.4) is 0 Å². The summed E-state index contributed by atoms with van der Waals surface area (Å²) in [5.41, 5.74) is 2.09. The van der Waals surface area contributed by atoms with Gasteiger partial charge in [-0.2, -0.15) is 4.39 Å². The first-order valence-corrected chi connectivity index (χ1v) is 11.5. The molecule has 1 aliphatic rings. The number of amides is 1. The van der Waals surface area contributed by atoms with E-state index in [1.54, 1.807) is 36.5 Å². The van der Waals surface area contributed by atoms with E-state index in [2.05, 4.69) is 27.5 Å². The van der Waals surface area contributed by atoms with Gasteiger partial charge in [0.25, 0.3) is 11.5 Å². The number of carbonyl (C=O) groups excluding carboxylic acids is 1. The van der Waals surface area contributed by atoms with Gasteiger partial charge in [-0.05, 0) is 60.7 Å².